The minimum Gasteiger partial charge on any atom is -0.480 e. The predicted molar refractivity (Wildman–Crippen MR) is 76.3 cm³/mol. The lowest BCUT2D eigenvalue weighted by molar-refractivity contribution is -0.139. The first-order valence-corrected chi connectivity index (χ1v) is 6.94. The molecule has 1 heterocycles. The molecular weight excluding hydrogens is 278 g/mol. The number of carbonyl (C=O) groups is 3. The summed E-state index contributed by atoms with van der Waals surface area (Å²) >= 11 is 1.34. The molecule has 20 heavy (non-hydrogen) atoms. The van der Waals surface area contributed by atoms with Gasteiger partial charge in [-0.15, -0.1) is 11.8 Å². The summed E-state index contributed by atoms with van der Waals surface area (Å²) in [4.78, 5) is 36.6. The number of aliphatic carboxylic acids is 1. The van der Waals surface area contributed by atoms with Crippen molar-refractivity contribution in [1.82, 2.24) is 0 Å². The van der Waals surface area contributed by atoms with Gasteiger partial charge in [-0.3, -0.25) is 14.5 Å². The Morgan fingerprint density at radius 2 is 2.10 bits per heavy atom. The maximum atomic E-state index is 12.5. The second-order valence-electron chi connectivity index (χ2n) is 5.15. The number of rotatable bonds is 3. The van der Waals surface area contributed by atoms with Crippen LogP contribution in [0.3, 0.4) is 0 Å². The molecule has 0 bridgehead atoms. The molecule has 0 saturated carbocycles. The Balaban J connectivity index is 2.60. The lowest BCUT2D eigenvalue weighted by atomic mass is 10.1. The maximum Gasteiger partial charge on any atom is 0.326 e. The Labute approximate surface area is 121 Å². The number of nitrogens with zero attached hydrogens (tertiary/aromatic N) is 1. The fraction of sp³-hybridized carbons (Fsp3) is 0.357. The van der Waals surface area contributed by atoms with E-state index in [9.17, 15) is 19.5 Å². The topological polar surface area (TPSA) is 74.7 Å². The zero-order valence-corrected chi connectivity index (χ0v) is 12.2. The molecule has 0 saturated heterocycles. The molecule has 5 nitrogen and oxygen atoms in total. The summed E-state index contributed by atoms with van der Waals surface area (Å²) in [6, 6.07) is 3.93. The molecule has 0 aromatic heterocycles. The van der Waals surface area contributed by atoms with Gasteiger partial charge < -0.3 is 5.11 Å². The molecule has 6 heteroatoms. The van der Waals surface area contributed by atoms with Crippen LogP contribution >= 0.6 is 11.8 Å². The van der Waals surface area contributed by atoms with Crippen molar-refractivity contribution in [3.05, 3.63) is 23.8 Å². The van der Waals surface area contributed by atoms with Crippen LogP contribution < -0.4 is 4.90 Å². The highest BCUT2D eigenvalue weighted by atomic mass is 32.2. The van der Waals surface area contributed by atoms with Crippen molar-refractivity contribution in [2.24, 2.45) is 0 Å². The van der Waals surface area contributed by atoms with Crippen LogP contribution in [0, 0.1) is 0 Å². The van der Waals surface area contributed by atoms with Crippen molar-refractivity contribution < 1.29 is 19.5 Å². The van der Waals surface area contributed by atoms with Crippen molar-refractivity contribution in [3.8, 4) is 0 Å². The Kier molecular flexibility index (Phi) is 3.60. The van der Waals surface area contributed by atoms with Crippen molar-refractivity contribution in [1.29, 1.82) is 0 Å². The molecule has 1 N–H and O–H groups in total. The van der Waals surface area contributed by atoms with Crippen LogP contribution in [-0.4, -0.2) is 34.1 Å². The van der Waals surface area contributed by atoms with E-state index in [4.69, 9.17) is 0 Å². The highest BCUT2D eigenvalue weighted by Gasteiger charge is 2.43. The number of anilines is 1. The summed E-state index contributed by atoms with van der Waals surface area (Å²) in [5.74, 6) is -1.31. The molecular formula is C14H15NO4S. The van der Waals surface area contributed by atoms with Crippen LogP contribution in [0.5, 0.6) is 0 Å². The number of thioether (sulfide) groups is 1. The van der Waals surface area contributed by atoms with Crippen LogP contribution in [-0.2, 0) is 9.59 Å². The van der Waals surface area contributed by atoms with Crippen LogP contribution in [0.25, 0.3) is 0 Å². The van der Waals surface area contributed by atoms with Crippen molar-refractivity contribution in [2.75, 3.05) is 4.90 Å². The highest BCUT2D eigenvalue weighted by molar-refractivity contribution is 8.01. The van der Waals surface area contributed by atoms with Gasteiger partial charge >= 0.3 is 5.97 Å². The number of carboxylic acid groups (broad SMARTS) is 1. The van der Waals surface area contributed by atoms with E-state index >= 15 is 0 Å². The third-order valence-corrected chi connectivity index (χ3v) is 4.45. The monoisotopic (exact) mass is 293 g/mol. The van der Waals surface area contributed by atoms with Gasteiger partial charge in [0.05, 0.1) is 10.4 Å². The minimum atomic E-state index is -1.06. The smallest absolute Gasteiger partial charge is 0.326 e. The SMILES string of the molecule is CC(C(=O)O)N1C(=O)C(C)(C)Sc2cc(C=O)ccc21. The molecule has 1 aliphatic rings. The molecule has 0 fully saturated rings. The molecule has 106 valence electrons. The second kappa shape index (κ2) is 4.94. The van der Waals surface area contributed by atoms with Crippen molar-refractivity contribution in [2.45, 2.75) is 36.5 Å². The van der Waals surface area contributed by atoms with E-state index in [2.05, 4.69) is 0 Å². The Morgan fingerprint density at radius 3 is 2.65 bits per heavy atom. The van der Waals surface area contributed by atoms with Gasteiger partial charge in [0, 0.05) is 10.5 Å². The fourth-order valence-corrected chi connectivity index (χ4v) is 3.30. The third-order valence-electron chi connectivity index (χ3n) is 3.22. The van der Waals surface area contributed by atoms with E-state index < -0.39 is 16.8 Å². The predicted octanol–water partition coefficient (Wildman–Crippen LogP) is 2.19. The molecule has 0 radical (unpaired) electrons. The van der Waals surface area contributed by atoms with E-state index in [1.54, 1.807) is 32.0 Å². The van der Waals surface area contributed by atoms with E-state index in [-0.39, 0.29) is 5.91 Å². The molecule has 0 aliphatic carbocycles. The molecule has 1 aliphatic heterocycles. The molecule has 1 amide bonds. The number of hydrogen-bond acceptors (Lipinski definition) is 4. The van der Waals surface area contributed by atoms with Gasteiger partial charge in [0.15, 0.2) is 0 Å². The van der Waals surface area contributed by atoms with E-state index in [1.807, 2.05) is 0 Å². The number of aldehydes is 1. The van der Waals surface area contributed by atoms with Gasteiger partial charge in [-0.05, 0) is 39.0 Å². The first kappa shape index (κ1) is 14.6. The first-order chi connectivity index (χ1) is 9.27. The normalized spacial score (nSPS) is 18.4. The van der Waals surface area contributed by atoms with Crippen molar-refractivity contribution in [3.63, 3.8) is 0 Å². The van der Waals surface area contributed by atoms with Gasteiger partial charge in [0.1, 0.15) is 12.3 Å². The minimum absolute atomic E-state index is 0.247. The van der Waals surface area contributed by atoms with Gasteiger partial charge in [0.25, 0.3) is 0 Å². The lowest BCUT2D eigenvalue weighted by Crippen LogP contribution is -2.53. The zero-order chi connectivity index (χ0) is 15.1. The first-order valence-electron chi connectivity index (χ1n) is 6.12. The molecule has 1 aromatic carbocycles. The van der Waals surface area contributed by atoms with E-state index in [0.717, 1.165) is 11.2 Å². The Bertz CT molecular complexity index is 597. The number of carbonyl (C=O) groups excluding carboxylic acids is 2. The number of amides is 1. The molecule has 1 aromatic rings. The largest absolute Gasteiger partial charge is 0.480 e. The average Bonchev–Trinajstić information content (AvgIpc) is 2.38. The Morgan fingerprint density at radius 1 is 1.45 bits per heavy atom. The average molecular weight is 293 g/mol. The summed E-state index contributed by atoms with van der Waals surface area (Å²) in [6.45, 7) is 4.97. The molecule has 2 rings (SSSR count). The summed E-state index contributed by atoms with van der Waals surface area (Å²) in [5, 5.41) is 9.19. The standard InChI is InChI=1S/C14H15NO4S/c1-8(12(17)18)15-10-5-4-9(7-16)6-11(10)20-14(2,3)13(15)19/h4-8H,1-3H3,(H,17,18). The molecule has 1 atom stereocenters. The Hall–Kier alpha value is -1.82. The number of benzene rings is 1. The van der Waals surface area contributed by atoms with Gasteiger partial charge in [-0.1, -0.05) is 0 Å². The van der Waals surface area contributed by atoms with Crippen LogP contribution in [0.2, 0.25) is 0 Å². The van der Waals surface area contributed by atoms with Crippen LogP contribution in [0.15, 0.2) is 23.1 Å². The summed E-state index contributed by atoms with van der Waals surface area (Å²) in [6.07, 6.45) is 0.731. The van der Waals surface area contributed by atoms with Gasteiger partial charge in [-0.2, -0.15) is 0 Å². The highest BCUT2D eigenvalue weighted by Crippen LogP contribution is 2.46. The third kappa shape index (κ3) is 2.31. The van der Waals surface area contributed by atoms with Crippen LogP contribution in [0.1, 0.15) is 31.1 Å². The number of hydrogen-bond donors (Lipinski definition) is 1. The summed E-state index contributed by atoms with van der Waals surface area (Å²) < 4.78 is -0.766. The fourth-order valence-electron chi connectivity index (χ4n) is 2.10. The lowest BCUT2D eigenvalue weighted by Gasteiger charge is -2.39. The molecule has 1 unspecified atom stereocenters. The summed E-state index contributed by atoms with van der Waals surface area (Å²) in [5.41, 5.74) is 1.05. The van der Waals surface area contributed by atoms with Crippen molar-refractivity contribution >= 4 is 35.6 Å². The second-order valence-corrected chi connectivity index (χ2v) is 6.81. The van der Waals surface area contributed by atoms with Gasteiger partial charge in [-0.25, -0.2) is 4.79 Å². The van der Waals surface area contributed by atoms with Gasteiger partial charge in [0.2, 0.25) is 5.91 Å². The number of carboxylic acids is 1. The quantitative estimate of drug-likeness (QED) is 0.865. The van der Waals surface area contributed by atoms with E-state index in [0.29, 0.717) is 11.3 Å². The zero-order valence-electron chi connectivity index (χ0n) is 11.4. The maximum absolute atomic E-state index is 12.5. The summed E-state index contributed by atoms with van der Waals surface area (Å²) in [7, 11) is 0. The molecule has 0 spiro atoms. The van der Waals surface area contributed by atoms with E-state index in [1.165, 1.54) is 23.6 Å². The van der Waals surface area contributed by atoms with Crippen LogP contribution in [0.4, 0.5) is 5.69 Å². The number of fused-ring (bicyclic) bond motifs is 1.